The molecule has 2 N–H and O–H groups in total. The number of anilines is 1. The summed E-state index contributed by atoms with van der Waals surface area (Å²) in [7, 11) is 1.66. The Labute approximate surface area is 131 Å². The lowest BCUT2D eigenvalue weighted by Gasteiger charge is -2.23. The van der Waals surface area contributed by atoms with Gasteiger partial charge in [-0.15, -0.1) is 0 Å². The minimum Gasteiger partial charge on any atom is -0.338 e. The molecule has 0 aliphatic heterocycles. The van der Waals surface area contributed by atoms with Crippen LogP contribution in [0.25, 0.3) is 0 Å². The van der Waals surface area contributed by atoms with Crippen LogP contribution in [0.15, 0.2) is 24.3 Å². The molecule has 1 aromatic rings. The van der Waals surface area contributed by atoms with Gasteiger partial charge in [0.15, 0.2) is 0 Å². The predicted octanol–water partition coefficient (Wildman–Crippen LogP) is 2.59. The van der Waals surface area contributed by atoms with E-state index in [9.17, 15) is 9.59 Å². The number of benzene rings is 1. The van der Waals surface area contributed by atoms with Crippen LogP contribution in [0.3, 0.4) is 0 Å². The van der Waals surface area contributed by atoms with E-state index in [2.05, 4.69) is 16.7 Å². The molecule has 1 aromatic carbocycles. The molecule has 118 valence electrons. The molecule has 3 amide bonds. The molecule has 0 aliphatic carbocycles. The van der Waals surface area contributed by atoms with Gasteiger partial charge >= 0.3 is 6.03 Å². The quantitative estimate of drug-likeness (QED) is 0.876. The van der Waals surface area contributed by atoms with Crippen molar-refractivity contribution in [3.05, 3.63) is 29.8 Å². The first-order valence-corrected chi connectivity index (χ1v) is 7.16. The van der Waals surface area contributed by atoms with Gasteiger partial charge in [-0.25, -0.2) is 4.79 Å². The molecule has 0 bridgehead atoms. The Morgan fingerprint density at radius 2 is 2.00 bits per heavy atom. The van der Waals surface area contributed by atoms with Gasteiger partial charge in [0.1, 0.15) is 0 Å². The van der Waals surface area contributed by atoms with Crippen molar-refractivity contribution in [3.63, 3.8) is 0 Å². The van der Waals surface area contributed by atoms with E-state index < -0.39 is 0 Å². The van der Waals surface area contributed by atoms with E-state index in [1.807, 2.05) is 20.8 Å². The first-order chi connectivity index (χ1) is 10.3. The zero-order valence-corrected chi connectivity index (χ0v) is 13.4. The summed E-state index contributed by atoms with van der Waals surface area (Å²) in [6.45, 7) is 5.55. The highest BCUT2D eigenvalue weighted by Gasteiger charge is 2.17. The number of nitrogens with zero attached hydrogens (tertiary/aromatic N) is 2. The average molecular weight is 302 g/mol. The molecule has 1 rings (SSSR count). The first kappa shape index (κ1) is 17.5. The largest absolute Gasteiger partial charge is 0.338 e. The van der Waals surface area contributed by atoms with Gasteiger partial charge in [-0.2, -0.15) is 5.26 Å². The molecule has 0 saturated heterocycles. The number of hydrogen-bond acceptors (Lipinski definition) is 3. The van der Waals surface area contributed by atoms with Gasteiger partial charge in [0.05, 0.1) is 12.5 Å². The molecule has 0 spiro atoms. The third-order valence-electron chi connectivity index (χ3n) is 3.16. The maximum Gasteiger partial charge on any atom is 0.319 e. The number of carbonyl (C=O) groups excluding carboxylic acids is 2. The number of urea groups is 1. The lowest BCUT2D eigenvalue weighted by Crippen LogP contribution is -2.35. The van der Waals surface area contributed by atoms with Crippen LogP contribution in [-0.4, -0.2) is 36.0 Å². The zero-order chi connectivity index (χ0) is 16.7. The normalized spacial score (nSPS) is 11.5. The second-order valence-corrected chi connectivity index (χ2v) is 5.46. The van der Waals surface area contributed by atoms with Crippen molar-refractivity contribution in [1.29, 1.82) is 5.26 Å². The minimum atomic E-state index is -0.314. The van der Waals surface area contributed by atoms with E-state index in [0.29, 0.717) is 11.3 Å². The van der Waals surface area contributed by atoms with Crippen molar-refractivity contribution in [2.75, 3.05) is 12.4 Å². The van der Waals surface area contributed by atoms with Gasteiger partial charge in [0.2, 0.25) is 0 Å². The lowest BCUT2D eigenvalue weighted by molar-refractivity contribution is 0.0746. The van der Waals surface area contributed by atoms with Crippen LogP contribution in [-0.2, 0) is 0 Å². The summed E-state index contributed by atoms with van der Waals surface area (Å²) in [5.74, 6) is -0.185. The van der Waals surface area contributed by atoms with E-state index in [4.69, 9.17) is 5.26 Å². The van der Waals surface area contributed by atoms with Gasteiger partial charge in [-0.1, -0.05) is 6.07 Å². The summed E-state index contributed by atoms with van der Waals surface area (Å²) < 4.78 is 0. The third kappa shape index (κ3) is 5.09. The second-order valence-electron chi connectivity index (χ2n) is 5.46. The maximum absolute atomic E-state index is 12.4. The highest BCUT2D eigenvalue weighted by molar-refractivity contribution is 5.97. The third-order valence-corrected chi connectivity index (χ3v) is 3.16. The molecule has 0 radical (unpaired) electrons. The van der Waals surface area contributed by atoms with Crippen LogP contribution >= 0.6 is 0 Å². The molecule has 0 aromatic heterocycles. The Balaban J connectivity index is 2.81. The van der Waals surface area contributed by atoms with Crippen LogP contribution in [0.1, 0.15) is 37.6 Å². The van der Waals surface area contributed by atoms with Gasteiger partial charge in [-0.05, 0) is 39.0 Å². The number of nitriles is 1. The topological polar surface area (TPSA) is 85.2 Å². The molecule has 1 atom stereocenters. The number of amides is 3. The Morgan fingerprint density at radius 3 is 2.59 bits per heavy atom. The number of carbonyl (C=O) groups is 2. The van der Waals surface area contributed by atoms with E-state index in [1.54, 1.807) is 31.3 Å². The molecular formula is C16H22N4O2. The van der Waals surface area contributed by atoms with E-state index >= 15 is 0 Å². The van der Waals surface area contributed by atoms with Crippen LogP contribution in [0.5, 0.6) is 0 Å². The monoisotopic (exact) mass is 302 g/mol. The van der Waals surface area contributed by atoms with Crippen LogP contribution in [0, 0.1) is 11.3 Å². The fraction of sp³-hybridized carbons (Fsp3) is 0.438. The molecular weight excluding hydrogens is 280 g/mol. The number of rotatable bonds is 5. The van der Waals surface area contributed by atoms with Crippen molar-refractivity contribution < 1.29 is 9.59 Å². The number of nitrogens with one attached hydrogen (secondary N) is 2. The smallest absolute Gasteiger partial charge is 0.319 e. The van der Waals surface area contributed by atoms with Crippen LogP contribution in [0.2, 0.25) is 0 Å². The molecule has 0 saturated carbocycles. The Kier molecular flexibility index (Phi) is 6.39. The van der Waals surface area contributed by atoms with Gasteiger partial charge < -0.3 is 15.5 Å². The highest BCUT2D eigenvalue weighted by Crippen LogP contribution is 2.14. The Hall–Kier alpha value is -2.55. The molecule has 6 heteroatoms. The summed E-state index contributed by atoms with van der Waals surface area (Å²) in [4.78, 5) is 25.6. The molecule has 0 fully saturated rings. The van der Waals surface area contributed by atoms with Gasteiger partial charge in [-0.3, -0.25) is 4.79 Å². The summed E-state index contributed by atoms with van der Waals surface area (Å²) >= 11 is 0. The zero-order valence-electron chi connectivity index (χ0n) is 13.4. The maximum atomic E-state index is 12.4. The van der Waals surface area contributed by atoms with Gasteiger partial charge in [0, 0.05) is 30.4 Å². The van der Waals surface area contributed by atoms with E-state index in [0.717, 1.165) is 0 Å². The lowest BCUT2D eigenvalue weighted by atomic mass is 10.1. The van der Waals surface area contributed by atoms with Gasteiger partial charge in [0.25, 0.3) is 5.91 Å². The highest BCUT2D eigenvalue weighted by atomic mass is 16.2. The van der Waals surface area contributed by atoms with E-state index in [-0.39, 0.29) is 30.4 Å². The molecule has 22 heavy (non-hydrogen) atoms. The average Bonchev–Trinajstić information content (AvgIpc) is 2.45. The Bertz CT molecular complexity index is 578. The van der Waals surface area contributed by atoms with Crippen LogP contribution in [0.4, 0.5) is 10.5 Å². The minimum absolute atomic E-state index is 0.0304. The summed E-state index contributed by atoms with van der Waals surface area (Å²) in [6, 6.07) is 8.33. The Morgan fingerprint density at radius 1 is 1.32 bits per heavy atom. The molecule has 0 heterocycles. The molecule has 1 unspecified atom stereocenters. The fourth-order valence-corrected chi connectivity index (χ4v) is 1.83. The summed E-state index contributed by atoms with van der Waals surface area (Å²) in [5, 5.41) is 14.1. The SMILES string of the molecule is CC(C)NC(=O)Nc1cccc(C(=O)N(C)C(C)CC#N)c1. The van der Waals surface area contributed by atoms with Crippen molar-refractivity contribution in [1.82, 2.24) is 10.2 Å². The molecule has 6 nitrogen and oxygen atoms in total. The van der Waals surface area contributed by atoms with E-state index in [1.165, 1.54) is 4.90 Å². The summed E-state index contributed by atoms with van der Waals surface area (Å²) in [6.07, 6.45) is 0.275. The second kappa shape index (κ2) is 8.03. The molecule has 0 aliphatic rings. The van der Waals surface area contributed by atoms with Crippen molar-refractivity contribution in [3.8, 4) is 6.07 Å². The van der Waals surface area contributed by atoms with Crippen molar-refractivity contribution in [2.24, 2.45) is 0 Å². The standard InChI is InChI=1S/C16H22N4O2/c1-11(2)18-16(22)19-14-7-5-6-13(10-14)15(21)20(4)12(3)8-9-17/h5-7,10-12H,8H2,1-4H3,(H2,18,19,22). The predicted molar refractivity (Wildman–Crippen MR) is 85.5 cm³/mol. The first-order valence-electron chi connectivity index (χ1n) is 7.16. The van der Waals surface area contributed by atoms with Crippen LogP contribution < -0.4 is 10.6 Å². The van der Waals surface area contributed by atoms with Crippen molar-refractivity contribution >= 4 is 17.6 Å². The fourth-order valence-electron chi connectivity index (χ4n) is 1.83. The number of hydrogen-bond donors (Lipinski definition) is 2. The van der Waals surface area contributed by atoms with Crippen molar-refractivity contribution in [2.45, 2.75) is 39.3 Å². The summed E-state index contributed by atoms with van der Waals surface area (Å²) in [5.41, 5.74) is 1.01.